The molecular formula is C14H14Cl4N2Pt. The van der Waals surface area contributed by atoms with Gasteiger partial charge in [-0.1, -0.05) is 47.5 Å². The van der Waals surface area contributed by atoms with Gasteiger partial charge in [0.2, 0.25) is 0 Å². The summed E-state index contributed by atoms with van der Waals surface area (Å²) < 4.78 is 0. The van der Waals surface area contributed by atoms with E-state index in [1.54, 1.807) is 0 Å². The molecule has 4 N–H and O–H groups in total. The van der Waals surface area contributed by atoms with Crippen molar-refractivity contribution in [1.82, 2.24) is 0 Å². The van der Waals surface area contributed by atoms with Crippen LogP contribution in [0.15, 0.2) is 48.5 Å². The van der Waals surface area contributed by atoms with E-state index in [0.717, 1.165) is 11.1 Å². The first kappa shape index (κ1) is 19.3. The quantitative estimate of drug-likeness (QED) is 0.565. The standard InChI is InChI=1S/C14H14Cl2N2.2ClH.Pt/c15-11-5-1-3-9(7-11)13(17)14(18)10-4-2-6-12(16)8-10;;;/h1-8,13-14H,17-18H2;2*1H;/q;;;+2/p-2. The van der Waals surface area contributed by atoms with Crippen LogP contribution in [-0.2, 0) is 16.5 Å². The summed E-state index contributed by atoms with van der Waals surface area (Å²) in [7, 11) is 9.75. The van der Waals surface area contributed by atoms with Gasteiger partial charge in [0.1, 0.15) is 0 Å². The molecule has 0 aromatic heterocycles. The van der Waals surface area contributed by atoms with Crippen LogP contribution in [0.5, 0.6) is 0 Å². The first-order valence-corrected chi connectivity index (χ1v) is 12.2. The summed E-state index contributed by atoms with van der Waals surface area (Å²) in [5.74, 6) is 0. The van der Waals surface area contributed by atoms with Gasteiger partial charge in [-0.2, -0.15) is 0 Å². The Balaban J connectivity index is 0.000000677. The van der Waals surface area contributed by atoms with Gasteiger partial charge in [-0.05, 0) is 35.4 Å². The third-order valence-electron chi connectivity index (χ3n) is 2.85. The molecule has 0 saturated heterocycles. The van der Waals surface area contributed by atoms with Crippen LogP contribution in [0.25, 0.3) is 0 Å². The fraction of sp³-hybridized carbons (Fsp3) is 0.143. The maximum absolute atomic E-state index is 6.16. The molecular weight excluding hydrogens is 533 g/mol. The van der Waals surface area contributed by atoms with E-state index >= 15 is 0 Å². The SMILES string of the molecule is NC(c1cccc(Cl)c1)C(N)c1cccc(Cl)c1.[Cl][Pt][Cl]. The molecule has 0 aliphatic carbocycles. The normalized spacial score (nSPS) is 13.2. The van der Waals surface area contributed by atoms with Crippen molar-refractivity contribution in [3.63, 3.8) is 0 Å². The fourth-order valence-corrected chi connectivity index (χ4v) is 2.24. The van der Waals surface area contributed by atoms with Gasteiger partial charge in [-0.15, -0.1) is 0 Å². The van der Waals surface area contributed by atoms with Gasteiger partial charge in [0.25, 0.3) is 0 Å². The van der Waals surface area contributed by atoms with Crippen molar-refractivity contribution in [2.45, 2.75) is 12.1 Å². The van der Waals surface area contributed by atoms with Crippen LogP contribution in [0.1, 0.15) is 23.2 Å². The molecule has 2 rings (SSSR count). The molecule has 7 heteroatoms. The van der Waals surface area contributed by atoms with Crippen molar-refractivity contribution < 1.29 is 16.5 Å². The minimum absolute atomic E-state index is 0.317. The van der Waals surface area contributed by atoms with Crippen LogP contribution in [-0.4, -0.2) is 0 Å². The van der Waals surface area contributed by atoms with Crippen molar-refractivity contribution in [3.05, 3.63) is 69.7 Å². The molecule has 21 heavy (non-hydrogen) atoms. The average molecular weight is 547 g/mol. The summed E-state index contributed by atoms with van der Waals surface area (Å²) in [5.41, 5.74) is 14.1. The van der Waals surface area contributed by atoms with Gasteiger partial charge in [0.15, 0.2) is 0 Å². The number of hydrogen-bond acceptors (Lipinski definition) is 2. The van der Waals surface area contributed by atoms with Gasteiger partial charge in [0.05, 0.1) is 0 Å². The molecule has 0 spiro atoms. The average Bonchev–Trinajstić information content (AvgIpc) is 2.46. The van der Waals surface area contributed by atoms with Crippen LogP contribution in [0.4, 0.5) is 0 Å². The monoisotopic (exact) mass is 545 g/mol. The van der Waals surface area contributed by atoms with Crippen molar-refractivity contribution in [3.8, 4) is 0 Å². The summed E-state index contributed by atoms with van der Waals surface area (Å²) in [5, 5.41) is 1.31. The summed E-state index contributed by atoms with van der Waals surface area (Å²) in [6.45, 7) is 0. The summed E-state index contributed by atoms with van der Waals surface area (Å²) in [4.78, 5) is 0. The molecule has 2 unspecified atom stereocenters. The Labute approximate surface area is 151 Å². The molecule has 2 nitrogen and oxygen atoms in total. The molecule has 0 radical (unpaired) electrons. The summed E-state index contributed by atoms with van der Waals surface area (Å²) >= 11 is 11.4. The van der Waals surface area contributed by atoms with Crippen molar-refractivity contribution >= 4 is 42.0 Å². The van der Waals surface area contributed by atoms with E-state index in [2.05, 4.69) is 0 Å². The van der Waals surface area contributed by atoms with Crippen LogP contribution < -0.4 is 11.5 Å². The Morgan fingerprint density at radius 2 is 1.10 bits per heavy atom. The van der Waals surface area contributed by atoms with E-state index in [0.29, 0.717) is 10.0 Å². The number of halogens is 4. The Hall–Kier alpha value is 0.208. The topological polar surface area (TPSA) is 52.0 Å². The third-order valence-corrected chi connectivity index (χ3v) is 3.32. The van der Waals surface area contributed by atoms with Crippen LogP contribution in [0.2, 0.25) is 10.0 Å². The molecule has 118 valence electrons. The van der Waals surface area contributed by atoms with Gasteiger partial charge >= 0.3 is 35.3 Å². The predicted molar refractivity (Wildman–Crippen MR) is 88.5 cm³/mol. The zero-order valence-electron chi connectivity index (χ0n) is 10.8. The Bertz CT molecular complexity index is 519. The van der Waals surface area contributed by atoms with E-state index in [-0.39, 0.29) is 12.1 Å². The first-order chi connectivity index (χ1) is 9.99. The van der Waals surface area contributed by atoms with Gasteiger partial charge < -0.3 is 11.5 Å². The van der Waals surface area contributed by atoms with Crippen molar-refractivity contribution in [2.24, 2.45) is 11.5 Å². The Morgan fingerprint density at radius 3 is 1.38 bits per heavy atom. The van der Waals surface area contributed by atoms with Gasteiger partial charge in [-0.3, -0.25) is 0 Å². The second-order valence-electron chi connectivity index (χ2n) is 4.21. The number of rotatable bonds is 3. The Kier molecular flexibility index (Phi) is 9.24. The Morgan fingerprint density at radius 1 is 0.762 bits per heavy atom. The van der Waals surface area contributed by atoms with E-state index < -0.39 is 16.5 Å². The molecule has 0 amide bonds. The van der Waals surface area contributed by atoms with Crippen LogP contribution >= 0.6 is 42.0 Å². The second-order valence-corrected chi connectivity index (χ2v) is 8.36. The van der Waals surface area contributed by atoms with Crippen LogP contribution in [0, 0.1) is 0 Å². The molecule has 2 aromatic carbocycles. The third kappa shape index (κ3) is 6.46. The van der Waals surface area contributed by atoms with Crippen LogP contribution in [0.3, 0.4) is 0 Å². The molecule has 0 bridgehead atoms. The molecule has 0 heterocycles. The molecule has 2 aromatic rings. The van der Waals surface area contributed by atoms with Crippen molar-refractivity contribution in [1.29, 1.82) is 0 Å². The fourth-order valence-electron chi connectivity index (χ4n) is 1.84. The molecule has 0 fully saturated rings. The molecule has 0 saturated carbocycles. The number of hydrogen-bond donors (Lipinski definition) is 2. The zero-order chi connectivity index (χ0) is 15.8. The van der Waals surface area contributed by atoms with Gasteiger partial charge in [-0.25, -0.2) is 0 Å². The zero-order valence-corrected chi connectivity index (χ0v) is 16.1. The van der Waals surface area contributed by atoms with E-state index in [4.69, 9.17) is 53.5 Å². The number of benzene rings is 2. The maximum atomic E-state index is 6.16. The minimum atomic E-state index is -0.472. The van der Waals surface area contributed by atoms with E-state index in [1.807, 2.05) is 48.5 Å². The van der Waals surface area contributed by atoms with E-state index in [1.165, 1.54) is 0 Å². The van der Waals surface area contributed by atoms with Crippen molar-refractivity contribution in [2.75, 3.05) is 0 Å². The number of nitrogens with two attached hydrogens (primary N) is 2. The molecule has 0 aliphatic heterocycles. The molecule has 0 aliphatic rings. The summed E-state index contributed by atoms with van der Waals surface area (Å²) in [6.07, 6.45) is 0. The predicted octanol–water partition coefficient (Wildman–Crippen LogP) is 5.07. The van der Waals surface area contributed by atoms with E-state index in [9.17, 15) is 0 Å². The first-order valence-electron chi connectivity index (χ1n) is 5.84. The second kappa shape index (κ2) is 10.1. The van der Waals surface area contributed by atoms with Gasteiger partial charge in [0, 0.05) is 22.1 Å². The molecule has 2 atom stereocenters. The summed E-state index contributed by atoms with van der Waals surface area (Å²) in [6, 6.07) is 14.2.